The molecule has 0 saturated heterocycles. The second-order valence-corrected chi connectivity index (χ2v) is 5.67. The molecular weight excluding hydrogens is 289 g/mol. The van der Waals surface area contributed by atoms with Gasteiger partial charge in [0.1, 0.15) is 5.54 Å². The molecule has 0 aromatic heterocycles. The Morgan fingerprint density at radius 1 is 1.29 bits per heavy atom. The normalized spacial score (nSPS) is 26.2. The summed E-state index contributed by atoms with van der Waals surface area (Å²) in [5.74, 6) is -0.686. The molecule has 0 aliphatic heterocycles. The van der Waals surface area contributed by atoms with Crippen LogP contribution in [-0.2, 0) is 4.79 Å². The van der Waals surface area contributed by atoms with Crippen LogP contribution in [-0.4, -0.2) is 35.4 Å². The highest BCUT2D eigenvalue weighted by molar-refractivity contribution is 5.86. The lowest BCUT2D eigenvalue weighted by Crippen LogP contribution is -2.58. The van der Waals surface area contributed by atoms with Crippen molar-refractivity contribution in [2.24, 2.45) is 5.92 Å². The van der Waals surface area contributed by atoms with E-state index in [1.807, 2.05) is 6.92 Å². The number of nitrogens with one attached hydrogen (secondary N) is 2. The van der Waals surface area contributed by atoms with Crippen LogP contribution >= 0.6 is 0 Å². The smallest absolute Gasteiger partial charge is 0.389 e. The van der Waals surface area contributed by atoms with Gasteiger partial charge in [0.25, 0.3) is 0 Å². The van der Waals surface area contributed by atoms with E-state index < -0.39 is 30.1 Å². The lowest BCUT2D eigenvalue weighted by Gasteiger charge is -2.36. The number of carboxylic acids is 1. The summed E-state index contributed by atoms with van der Waals surface area (Å²) in [4.78, 5) is 23.0. The number of urea groups is 1. The van der Waals surface area contributed by atoms with Crippen molar-refractivity contribution in [3.8, 4) is 0 Å². The summed E-state index contributed by atoms with van der Waals surface area (Å²) in [6.07, 6.45) is -3.40. The van der Waals surface area contributed by atoms with Gasteiger partial charge >= 0.3 is 18.2 Å². The molecule has 1 rings (SSSR count). The molecule has 0 spiro atoms. The Morgan fingerprint density at radius 2 is 1.86 bits per heavy atom. The fraction of sp³-hybridized carbons (Fsp3) is 0.846. The zero-order valence-corrected chi connectivity index (χ0v) is 11.9. The first-order chi connectivity index (χ1) is 9.65. The number of hydrogen-bond donors (Lipinski definition) is 3. The molecule has 0 radical (unpaired) electrons. The third-order valence-corrected chi connectivity index (χ3v) is 3.81. The number of carbonyl (C=O) groups excluding carboxylic acids is 1. The fourth-order valence-electron chi connectivity index (χ4n) is 2.40. The minimum absolute atomic E-state index is 0.141. The first-order valence-corrected chi connectivity index (χ1v) is 7.01. The molecule has 1 aliphatic rings. The number of hydrogen-bond acceptors (Lipinski definition) is 2. The Morgan fingerprint density at radius 3 is 2.33 bits per heavy atom. The second-order valence-electron chi connectivity index (χ2n) is 5.67. The summed E-state index contributed by atoms with van der Waals surface area (Å²) in [7, 11) is 0. The molecule has 1 saturated carbocycles. The van der Waals surface area contributed by atoms with Crippen molar-refractivity contribution in [3.63, 3.8) is 0 Å². The third-order valence-electron chi connectivity index (χ3n) is 3.81. The molecule has 1 fully saturated rings. The van der Waals surface area contributed by atoms with E-state index in [1.54, 1.807) is 0 Å². The molecule has 122 valence electrons. The molecule has 0 atom stereocenters. The van der Waals surface area contributed by atoms with Crippen molar-refractivity contribution in [1.29, 1.82) is 0 Å². The number of alkyl halides is 3. The minimum Gasteiger partial charge on any atom is -0.480 e. The van der Waals surface area contributed by atoms with Gasteiger partial charge in [0.15, 0.2) is 0 Å². The zero-order valence-electron chi connectivity index (χ0n) is 11.9. The SMILES string of the molecule is CC1CCC(NC(=O)NCCCC(F)(F)F)(C(=O)O)CC1. The topological polar surface area (TPSA) is 78.4 Å². The van der Waals surface area contributed by atoms with Gasteiger partial charge in [-0.3, -0.25) is 0 Å². The number of halogens is 3. The summed E-state index contributed by atoms with van der Waals surface area (Å²) in [5.41, 5.74) is -1.30. The lowest BCUT2D eigenvalue weighted by atomic mass is 9.77. The van der Waals surface area contributed by atoms with Crippen LogP contribution < -0.4 is 10.6 Å². The van der Waals surface area contributed by atoms with Crippen LogP contribution in [0.5, 0.6) is 0 Å². The van der Waals surface area contributed by atoms with E-state index in [0.29, 0.717) is 31.6 Å². The van der Waals surface area contributed by atoms with Crippen LogP contribution in [0.15, 0.2) is 0 Å². The van der Waals surface area contributed by atoms with Crippen LogP contribution in [0.25, 0.3) is 0 Å². The molecule has 0 aromatic carbocycles. The van der Waals surface area contributed by atoms with Crippen molar-refractivity contribution in [3.05, 3.63) is 0 Å². The largest absolute Gasteiger partial charge is 0.480 e. The van der Waals surface area contributed by atoms with Crippen LogP contribution in [0.3, 0.4) is 0 Å². The van der Waals surface area contributed by atoms with E-state index in [-0.39, 0.29) is 13.0 Å². The molecule has 2 amide bonds. The van der Waals surface area contributed by atoms with Gasteiger partial charge in [-0.25, -0.2) is 9.59 Å². The van der Waals surface area contributed by atoms with Crippen molar-refractivity contribution < 1.29 is 27.9 Å². The Balaban J connectivity index is 2.42. The van der Waals surface area contributed by atoms with Crippen LogP contribution in [0.4, 0.5) is 18.0 Å². The monoisotopic (exact) mass is 310 g/mol. The summed E-state index contributed by atoms with van der Waals surface area (Å²) in [5, 5.41) is 14.0. The molecule has 0 heterocycles. The second kappa shape index (κ2) is 7.00. The van der Waals surface area contributed by atoms with Crippen LogP contribution in [0, 0.1) is 5.92 Å². The average molecular weight is 310 g/mol. The van der Waals surface area contributed by atoms with E-state index in [2.05, 4.69) is 10.6 Å². The van der Waals surface area contributed by atoms with E-state index in [9.17, 15) is 27.9 Å². The van der Waals surface area contributed by atoms with E-state index in [0.717, 1.165) is 0 Å². The average Bonchev–Trinajstić information content (AvgIpc) is 2.36. The molecule has 3 N–H and O–H groups in total. The highest BCUT2D eigenvalue weighted by atomic mass is 19.4. The molecule has 0 unspecified atom stereocenters. The Bertz CT molecular complexity index is 377. The third kappa shape index (κ3) is 5.81. The van der Waals surface area contributed by atoms with E-state index in [1.165, 1.54) is 0 Å². The number of carbonyl (C=O) groups is 2. The quantitative estimate of drug-likeness (QED) is 0.683. The molecule has 21 heavy (non-hydrogen) atoms. The van der Waals surface area contributed by atoms with Crippen LogP contribution in [0.1, 0.15) is 45.4 Å². The maximum absolute atomic E-state index is 12.0. The fourth-order valence-corrected chi connectivity index (χ4v) is 2.40. The molecule has 1 aliphatic carbocycles. The highest BCUT2D eigenvalue weighted by Crippen LogP contribution is 2.32. The number of amides is 2. The zero-order chi connectivity index (χ0) is 16.1. The van der Waals surface area contributed by atoms with Crippen molar-refractivity contribution in [2.45, 2.75) is 57.2 Å². The summed E-state index contributed by atoms with van der Waals surface area (Å²) in [6.45, 7) is 1.88. The predicted octanol–water partition coefficient (Wildman–Crippen LogP) is 2.66. The van der Waals surface area contributed by atoms with Gasteiger partial charge in [0.2, 0.25) is 0 Å². The lowest BCUT2D eigenvalue weighted by molar-refractivity contribution is -0.146. The Hall–Kier alpha value is -1.47. The van der Waals surface area contributed by atoms with Crippen LogP contribution in [0.2, 0.25) is 0 Å². The Labute approximate surface area is 121 Å². The Kier molecular flexibility index (Phi) is 5.86. The minimum atomic E-state index is -4.25. The first-order valence-electron chi connectivity index (χ1n) is 7.01. The molecule has 8 heteroatoms. The molecular formula is C13H21F3N2O3. The predicted molar refractivity (Wildman–Crippen MR) is 69.8 cm³/mol. The van der Waals surface area contributed by atoms with Gasteiger partial charge < -0.3 is 15.7 Å². The molecule has 0 aromatic rings. The highest BCUT2D eigenvalue weighted by Gasteiger charge is 2.42. The molecule has 0 bridgehead atoms. The maximum atomic E-state index is 12.0. The first kappa shape index (κ1) is 17.6. The van der Waals surface area contributed by atoms with Gasteiger partial charge in [-0.05, 0) is 38.0 Å². The van der Waals surface area contributed by atoms with Gasteiger partial charge in [-0.2, -0.15) is 13.2 Å². The number of carboxylic acid groups (broad SMARTS) is 1. The van der Waals surface area contributed by atoms with Crippen molar-refractivity contribution in [1.82, 2.24) is 10.6 Å². The maximum Gasteiger partial charge on any atom is 0.389 e. The molecule has 5 nitrogen and oxygen atoms in total. The van der Waals surface area contributed by atoms with E-state index in [4.69, 9.17) is 0 Å². The van der Waals surface area contributed by atoms with Crippen molar-refractivity contribution >= 4 is 12.0 Å². The van der Waals surface area contributed by atoms with E-state index >= 15 is 0 Å². The summed E-state index contributed by atoms with van der Waals surface area (Å²) >= 11 is 0. The summed E-state index contributed by atoms with van der Waals surface area (Å²) < 4.78 is 35.9. The van der Waals surface area contributed by atoms with Gasteiger partial charge in [-0.15, -0.1) is 0 Å². The van der Waals surface area contributed by atoms with Crippen molar-refractivity contribution in [2.75, 3.05) is 6.54 Å². The van der Waals surface area contributed by atoms with Gasteiger partial charge in [0.05, 0.1) is 0 Å². The number of rotatable bonds is 5. The summed E-state index contributed by atoms with van der Waals surface area (Å²) in [6, 6.07) is -0.728. The standard InChI is InChI=1S/C13H21F3N2O3/c1-9-3-6-12(7-4-9,10(19)20)18-11(21)17-8-2-5-13(14,15)16/h9H,2-8H2,1H3,(H,19,20)(H2,17,18,21). The van der Waals surface area contributed by atoms with Gasteiger partial charge in [0, 0.05) is 13.0 Å². The number of aliphatic carboxylic acids is 1. The van der Waals surface area contributed by atoms with Gasteiger partial charge in [-0.1, -0.05) is 6.92 Å².